The minimum Gasteiger partial charge on any atom is -1.00 e. The van der Waals surface area contributed by atoms with E-state index in [9.17, 15) is 0 Å². The maximum atomic E-state index is 2.40. The van der Waals surface area contributed by atoms with E-state index < -0.39 is 0 Å². The molecule has 0 amide bonds. The Morgan fingerprint density at radius 2 is 1.85 bits per heavy atom. The number of nitrogens with zero attached hydrogens (tertiary/aromatic N) is 2. The zero-order chi connectivity index (χ0) is 17.4. The van der Waals surface area contributed by atoms with E-state index in [2.05, 4.69) is 90.9 Å². The monoisotopic (exact) mass is 474 g/mol. The molecule has 134 valence electrons. The number of benzene rings is 2. The second-order valence-corrected chi connectivity index (χ2v) is 7.42. The maximum Gasteiger partial charge on any atom is 0.212 e. The predicted octanol–water partition coefficient (Wildman–Crippen LogP) is 2.39. The molecule has 1 aromatic heterocycles. The molecule has 2 heterocycles. The number of aromatic nitrogens is 1. The smallest absolute Gasteiger partial charge is 0.212 e. The molecule has 0 N–H and O–H groups in total. The molecule has 0 unspecified atom stereocenters. The van der Waals surface area contributed by atoms with Crippen LogP contribution in [0.2, 0.25) is 0 Å². The minimum atomic E-state index is 0. The molecule has 0 spiro atoms. The van der Waals surface area contributed by atoms with Crippen LogP contribution in [0.15, 0.2) is 64.5 Å². The van der Waals surface area contributed by atoms with Gasteiger partial charge in [-0.15, -0.1) is 0 Å². The van der Waals surface area contributed by atoms with Gasteiger partial charge in [-0.25, -0.2) is 0 Å². The molecule has 3 aromatic rings. The maximum absolute atomic E-state index is 2.40. The molecule has 0 aliphatic carbocycles. The van der Waals surface area contributed by atoms with Gasteiger partial charge in [0.15, 0.2) is 0 Å². The van der Waals surface area contributed by atoms with E-state index in [0.29, 0.717) is 0 Å². The topological polar surface area (TPSA) is 7.12 Å². The summed E-state index contributed by atoms with van der Waals surface area (Å²) in [5.41, 5.74) is 5.18. The van der Waals surface area contributed by atoms with Crippen LogP contribution in [-0.2, 0) is 6.54 Å². The third-order valence-corrected chi connectivity index (χ3v) is 5.87. The Kier molecular flexibility index (Phi) is 5.92. The second kappa shape index (κ2) is 8.01. The summed E-state index contributed by atoms with van der Waals surface area (Å²) < 4.78 is 2.40. The summed E-state index contributed by atoms with van der Waals surface area (Å²) in [6.45, 7) is 8.53. The number of thioether (sulfide) groups is 1. The average Bonchev–Trinajstić information content (AvgIpc) is 2.98. The van der Waals surface area contributed by atoms with Crippen LogP contribution >= 0.6 is 11.8 Å². The molecule has 1 aliphatic rings. The number of aryl methyl sites for hydroxylation is 2. The Bertz CT molecular complexity index is 981. The number of para-hydroxylation sites is 1. The van der Waals surface area contributed by atoms with E-state index in [1.165, 1.54) is 37.8 Å². The number of hydrogen-bond donors (Lipinski definition) is 0. The molecular formula is C22H23IN2S. The van der Waals surface area contributed by atoms with Crippen molar-refractivity contribution in [2.75, 3.05) is 11.4 Å². The number of anilines is 1. The number of pyridine rings is 1. The van der Waals surface area contributed by atoms with Crippen molar-refractivity contribution >= 4 is 34.4 Å². The van der Waals surface area contributed by atoms with Crippen LogP contribution in [0.4, 0.5) is 5.69 Å². The summed E-state index contributed by atoms with van der Waals surface area (Å²) in [5.74, 6) is 0. The van der Waals surface area contributed by atoms with Gasteiger partial charge in [-0.2, -0.15) is 4.57 Å². The average molecular weight is 474 g/mol. The number of halogens is 1. The normalized spacial score (nSPS) is 14.6. The summed E-state index contributed by atoms with van der Waals surface area (Å²) in [6.07, 6.45) is 2.33. The Morgan fingerprint density at radius 3 is 2.62 bits per heavy atom. The Hall–Kier alpha value is -1.53. The molecule has 26 heavy (non-hydrogen) atoms. The van der Waals surface area contributed by atoms with Crippen molar-refractivity contribution < 1.29 is 28.5 Å². The SMILES string of the molecule is CCN1C(=Cc2ccc3cc(C)ccc3[n+]2CC)Sc2ccccc21.[I-]. The first-order chi connectivity index (χ1) is 12.2. The van der Waals surface area contributed by atoms with Gasteiger partial charge in [0.1, 0.15) is 6.54 Å². The number of fused-ring (bicyclic) bond motifs is 2. The zero-order valence-electron chi connectivity index (χ0n) is 15.4. The van der Waals surface area contributed by atoms with Crippen LogP contribution in [0.25, 0.3) is 17.0 Å². The summed E-state index contributed by atoms with van der Waals surface area (Å²) in [7, 11) is 0. The third kappa shape index (κ3) is 3.37. The lowest BCUT2D eigenvalue weighted by Crippen LogP contribution is -3.00. The molecule has 4 rings (SSSR count). The fraction of sp³-hybridized carbons (Fsp3) is 0.227. The summed E-state index contributed by atoms with van der Waals surface area (Å²) in [6, 6.07) is 19.8. The lowest BCUT2D eigenvalue weighted by Gasteiger charge is -2.17. The van der Waals surface area contributed by atoms with E-state index in [1.54, 1.807) is 0 Å². The van der Waals surface area contributed by atoms with Crippen LogP contribution < -0.4 is 33.4 Å². The lowest BCUT2D eigenvalue weighted by atomic mass is 10.1. The quantitative estimate of drug-likeness (QED) is 0.425. The van der Waals surface area contributed by atoms with Crippen LogP contribution in [0.3, 0.4) is 0 Å². The Morgan fingerprint density at radius 1 is 1.04 bits per heavy atom. The van der Waals surface area contributed by atoms with E-state index >= 15 is 0 Å². The fourth-order valence-corrected chi connectivity index (χ4v) is 4.72. The zero-order valence-corrected chi connectivity index (χ0v) is 18.3. The van der Waals surface area contributed by atoms with Crippen molar-refractivity contribution in [3.05, 3.63) is 70.9 Å². The van der Waals surface area contributed by atoms with Gasteiger partial charge >= 0.3 is 0 Å². The molecule has 0 radical (unpaired) electrons. The van der Waals surface area contributed by atoms with E-state index in [4.69, 9.17) is 0 Å². The van der Waals surface area contributed by atoms with E-state index in [-0.39, 0.29) is 24.0 Å². The molecule has 4 heteroatoms. The summed E-state index contributed by atoms with van der Waals surface area (Å²) in [5, 5.41) is 2.61. The highest BCUT2D eigenvalue weighted by Gasteiger charge is 2.25. The van der Waals surface area contributed by atoms with Crippen LogP contribution in [0.1, 0.15) is 25.1 Å². The van der Waals surface area contributed by atoms with Gasteiger partial charge in [-0.1, -0.05) is 35.5 Å². The molecule has 0 saturated heterocycles. The minimum absolute atomic E-state index is 0. The lowest BCUT2D eigenvalue weighted by molar-refractivity contribution is -0.669. The van der Waals surface area contributed by atoms with Crippen molar-refractivity contribution in [1.82, 2.24) is 0 Å². The van der Waals surface area contributed by atoms with Gasteiger partial charge in [-0.3, -0.25) is 0 Å². The van der Waals surface area contributed by atoms with E-state index in [1.807, 2.05) is 11.8 Å². The molecule has 2 nitrogen and oxygen atoms in total. The van der Waals surface area contributed by atoms with Crippen LogP contribution in [0, 0.1) is 6.92 Å². The van der Waals surface area contributed by atoms with E-state index in [0.717, 1.165) is 13.1 Å². The third-order valence-electron chi connectivity index (χ3n) is 4.76. The first kappa shape index (κ1) is 19.2. The van der Waals surface area contributed by atoms with Crippen LogP contribution in [-0.4, -0.2) is 6.54 Å². The van der Waals surface area contributed by atoms with Crippen molar-refractivity contribution in [1.29, 1.82) is 0 Å². The Balaban J connectivity index is 0.00000196. The first-order valence-corrected chi connectivity index (χ1v) is 9.72. The highest BCUT2D eigenvalue weighted by atomic mass is 127. The van der Waals surface area contributed by atoms with Gasteiger partial charge in [-0.05, 0) is 45.0 Å². The van der Waals surface area contributed by atoms with Crippen molar-refractivity contribution in [3.8, 4) is 0 Å². The van der Waals surface area contributed by atoms with Gasteiger partial charge in [0.05, 0.1) is 10.7 Å². The van der Waals surface area contributed by atoms with Crippen molar-refractivity contribution in [2.24, 2.45) is 0 Å². The Labute approximate surface area is 176 Å². The van der Waals surface area contributed by atoms with Crippen molar-refractivity contribution in [3.63, 3.8) is 0 Å². The highest BCUT2D eigenvalue weighted by Crippen LogP contribution is 2.46. The highest BCUT2D eigenvalue weighted by molar-refractivity contribution is 8.03. The largest absolute Gasteiger partial charge is 1.00 e. The molecule has 0 saturated carbocycles. The molecular weight excluding hydrogens is 451 g/mol. The molecule has 0 bridgehead atoms. The van der Waals surface area contributed by atoms with Crippen molar-refractivity contribution in [2.45, 2.75) is 32.2 Å². The molecule has 1 aliphatic heterocycles. The molecule has 2 aromatic carbocycles. The predicted molar refractivity (Wildman–Crippen MR) is 108 cm³/mol. The number of rotatable bonds is 3. The van der Waals surface area contributed by atoms with Gasteiger partial charge in [0.25, 0.3) is 0 Å². The first-order valence-electron chi connectivity index (χ1n) is 8.90. The standard InChI is InChI=1S/C22H23N2S.HI/c1-4-23-18(12-11-17-14-16(3)10-13-19(17)23)15-22-24(5-2)20-8-6-7-9-21(20)25-22;/h6-15H,4-5H2,1-3H3;1H/q+1;/p-1. The second-order valence-electron chi connectivity index (χ2n) is 6.36. The van der Waals surface area contributed by atoms with Gasteiger partial charge in [0.2, 0.25) is 11.2 Å². The summed E-state index contributed by atoms with van der Waals surface area (Å²) >= 11 is 1.86. The fourth-order valence-electron chi connectivity index (χ4n) is 3.55. The van der Waals surface area contributed by atoms with Crippen LogP contribution in [0.5, 0.6) is 0 Å². The molecule has 0 atom stereocenters. The van der Waals surface area contributed by atoms with Gasteiger partial charge < -0.3 is 28.9 Å². The number of hydrogen-bond acceptors (Lipinski definition) is 2. The summed E-state index contributed by atoms with van der Waals surface area (Å²) in [4.78, 5) is 3.74. The van der Waals surface area contributed by atoms with Gasteiger partial charge in [0, 0.05) is 35.0 Å². The molecule has 0 fully saturated rings.